The molecular weight excluding hydrogens is 374 g/mol. The van der Waals surface area contributed by atoms with Crippen LogP contribution >= 0.6 is 15.9 Å². The summed E-state index contributed by atoms with van der Waals surface area (Å²) in [7, 11) is -3.73. The SMILES string of the molecule is O=C([O-])COc1cccc(NS(=O)(=O)c2ccc(Br)cc2)c1. The molecule has 0 aromatic heterocycles. The van der Waals surface area contributed by atoms with Gasteiger partial charge in [0.05, 0.1) is 16.6 Å². The van der Waals surface area contributed by atoms with E-state index in [9.17, 15) is 18.3 Å². The van der Waals surface area contributed by atoms with E-state index in [4.69, 9.17) is 4.74 Å². The molecule has 0 radical (unpaired) electrons. The monoisotopic (exact) mass is 384 g/mol. The van der Waals surface area contributed by atoms with Crippen LogP contribution in [0.3, 0.4) is 0 Å². The van der Waals surface area contributed by atoms with Gasteiger partial charge in [0, 0.05) is 10.5 Å². The number of halogens is 1. The highest BCUT2D eigenvalue weighted by molar-refractivity contribution is 9.10. The number of sulfonamides is 1. The predicted octanol–water partition coefficient (Wildman–Crippen LogP) is 1.38. The van der Waals surface area contributed by atoms with Crippen LogP contribution in [0, 0.1) is 0 Å². The lowest BCUT2D eigenvalue weighted by Gasteiger charge is -2.11. The van der Waals surface area contributed by atoms with E-state index in [0.717, 1.165) is 4.47 Å². The highest BCUT2D eigenvalue weighted by Gasteiger charge is 2.14. The predicted molar refractivity (Wildman–Crippen MR) is 81.9 cm³/mol. The quantitative estimate of drug-likeness (QED) is 0.811. The first kappa shape index (κ1) is 16.3. The first-order chi connectivity index (χ1) is 10.4. The fourth-order valence-electron chi connectivity index (χ4n) is 1.62. The van der Waals surface area contributed by atoms with Crippen molar-refractivity contribution in [1.82, 2.24) is 0 Å². The molecule has 0 saturated carbocycles. The summed E-state index contributed by atoms with van der Waals surface area (Å²) in [6.07, 6.45) is 0. The number of carboxylic acid groups (broad SMARTS) is 1. The lowest BCUT2D eigenvalue weighted by molar-refractivity contribution is -0.307. The third-order valence-electron chi connectivity index (χ3n) is 2.57. The van der Waals surface area contributed by atoms with E-state index in [1.165, 1.54) is 30.3 Å². The number of carbonyl (C=O) groups is 1. The van der Waals surface area contributed by atoms with E-state index in [1.54, 1.807) is 18.2 Å². The van der Waals surface area contributed by atoms with Crippen molar-refractivity contribution in [2.24, 2.45) is 0 Å². The molecule has 2 aromatic rings. The van der Waals surface area contributed by atoms with Gasteiger partial charge in [0.15, 0.2) is 0 Å². The van der Waals surface area contributed by atoms with Crippen LogP contribution in [0.15, 0.2) is 57.9 Å². The first-order valence-electron chi connectivity index (χ1n) is 6.08. The van der Waals surface area contributed by atoms with Crippen molar-refractivity contribution >= 4 is 37.6 Å². The molecular formula is C14H11BrNO5S-. The molecule has 0 atom stereocenters. The van der Waals surface area contributed by atoms with Gasteiger partial charge < -0.3 is 14.6 Å². The number of anilines is 1. The van der Waals surface area contributed by atoms with Crippen LogP contribution in [-0.2, 0) is 14.8 Å². The van der Waals surface area contributed by atoms with Crippen LogP contribution in [0.1, 0.15) is 0 Å². The minimum absolute atomic E-state index is 0.108. The molecule has 0 spiro atoms. The van der Waals surface area contributed by atoms with Crippen molar-refractivity contribution in [3.8, 4) is 5.75 Å². The topological polar surface area (TPSA) is 95.5 Å². The van der Waals surface area contributed by atoms with Crippen LogP contribution in [0.5, 0.6) is 5.75 Å². The molecule has 6 nitrogen and oxygen atoms in total. The standard InChI is InChI=1S/C14H12BrNO5S/c15-10-4-6-13(7-5-10)22(19,20)16-11-2-1-3-12(8-11)21-9-14(17)18/h1-8,16H,9H2,(H,17,18)/p-1. The fraction of sp³-hybridized carbons (Fsp3) is 0.0714. The zero-order valence-electron chi connectivity index (χ0n) is 11.2. The van der Waals surface area contributed by atoms with E-state index < -0.39 is 22.6 Å². The Labute approximate surface area is 135 Å². The summed E-state index contributed by atoms with van der Waals surface area (Å²) in [5.74, 6) is -1.14. The summed E-state index contributed by atoms with van der Waals surface area (Å²) in [4.78, 5) is 10.5. The maximum atomic E-state index is 12.2. The van der Waals surface area contributed by atoms with Crippen molar-refractivity contribution < 1.29 is 23.1 Å². The number of hydrogen-bond acceptors (Lipinski definition) is 5. The number of ether oxygens (including phenoxy) is 1. The van der Waals surface area contributed by atoms with Gasteiger partial charge in [0.25, 0.3) is 10.0 Å². The number of carboxylic acids is 1. The summed E-state index contributed by atoms with van der Waals surface area (Å²) in [5, 5.41) is 10.3. The molecule has 0 aliphatic carbocycles. The van der Waals surface area contributed by atoms with E-state index in [-0.39, 0.29) is 16.3 Å². The molecule has 0 bridgehead atoms. The van der Waals surface area contributed by atoms with Gasteiger partial charge in [0.2, 0.25) is 0 Å². The summed E-state index contributed by atoms with van der Waals surface area (Å²) >= 11 is 3.23. The Kier molecular flexibility index (Phi) is 5.04. The second-order valence-electron chi connectivity index (χ2n) is 4.25. The lowest BCUT2D eigenvalue weighted by Crippen LogP contribution is -2.28. The molecule has 0 aliphatic rings. The van der Waals surface area contributed by atoms with Crippen LogP contribution in [-0.4, -0.2) is 21.0 Å². The summed E-state index contributed by atoms with van der Waals surface area (Å²) < 4.78 is 32.5. The van der Waals surface area contributed by atoms with E-state index in [1.807, 2.05) is 0 Å². The van der Waals surface area contributed by atoms with E-state index >= 15 is 0 Å². The molecule has 1 N–H and O–H groups in total. The van der Waals surface area contributed by atoms with Crippen molar-refractivity contribution in [2.45, 2.75) is 4.90 Å². The number of nitrogens with one attached hydrogen (secondary N) is 1. The first-order valence-corrected chi connectivity index (χ1v) is 8.35. The van der Waals surface area contributed by atoms with Crippen molar-refractivity contribution in [1.29, 1.82) is 0 Å². The number of rotatable bonds is 6. The van der Waals surface area contributed by atoms with E-state index in [0.29, 0.717) is 0 Å². The normalized spacial score (nSPS) is 11.0. The average Bonchev–Trinajstić information content (AvgIpc) is 2.45. The van der Waals surface area contributed by atoms with Gasteiger partial charge in [-0.3, -0.25) is 4.72 Å². The highest BCUT2D eigenvalue weighted by Crippen LogP contribution is 2.21. The Morgan fingerprint density at radius 3 is 2.50 bits per heavy atom. The molecule has 0 aliphatic heterocycles. The molecule has 0 saturated heterocycles. The van der Waals surface area contributed by atoms with Gasteiger partial charge >= 0.3 is 0 Å². The van der Waals surface area contributed by atoms with Crippen LogP contribution in [0.4, 0.5) is 5.69 Å². The fourth-order valence-corrected chi connectivity index (χ4v) is 2.93. The Morgan fingerprint density at radius 2 is 1.86 bits per heavy atom. The van der Waals surface area contributed by atoms with Gasteiger partial charge in [-0.15, -0.1) is 0 Å². The Balaban J connectivity index is 2.17. The molecule has 0 heterocycles. The molecule has 0 fully saturated rings. The van der Waals surface area contributed by atoms with Crippen molar-refractivity contribution in [3.05, 3.63) is 53.0 Å². The minimum Gasteiger partial charge on any atom is -0.546 e. The van der Waals surface area contributed by atoms with Crippen LogP contribution in [0.2, 0.25) is 0 Å². The maximum Gasteiger partial charge on any atom is 0.261 e. The van der Waals surface area contributed by atoms with Gasteiger partial charge in [-0.05, 0) is 36.4 Å². The lowest BCUT2D eigenvalue weighted by atomic mass is 10.3. The zero-order chi connectivity index (χ0) is 16.2. The third-order valence-corrected chi connectivity index (χ3v) is 4.49. The molecule has 116 valence electrons. The molecule has 22 heavy (non-hydrogen) atoms. The van der Waals surface area contributed by atoms with Crippen molar-refractivity contribution in [3.63, 3.8) is 0 Å². The Morgan fingerprint density at radius 1 is 1.18 bits per heavy atom. The van der Waals surface area contributed by atoms with Gasteiger partial charge in [-0.2, -0.15) is 0 Å². The molecule has 2 aromatic carbocycles. The molecule has 0 unspecified atom stereocenters. The summed E-state index contributed by atoms with van der Waals surface area (Å²) in [6.45, 7) is -0.608. The molecule has 0 amide bonds. The number of carbonyl (C=O) groups excluding carboxylic acids is 1. The second kappa shape index (κ2) is 6.80. The minimum atomic E-state index is -3.73. The summed E-state index contributed by atoms with van der Waals surface area (Å²) in [6, 6.07) is 12.1. The largest absolute Gasteiger partial charge is 0.546 e. The third kappa shape index (κ3) is 4.47. The average molecular weight is 385 g/mol. The van der Waals surface area contributed by atoms with Crippen LogP contribution < -0.4 is 14.6 Å². The number of aliphatic carboxylic acids is 1. The zero-order valence-corrected chi connectivity index (χ0v) is 13.6. The molecule has 8 heteroatoms. The Bertz CT molecular complexity index is 774. The maximum absolute atomic E-state index is 12.2. The van der Waals surface area contributed by atoms with E-state index in [2.05, 4.69) is 20.7 Å². The van der Waals surface area contributed by atoms with Crippen LogP contribution in [0.25, 0.3) is 0 Å². The molecule has 2 rings (SSSR count). The van der Waals surface area contributed by atoms with Crippen molar-refractivity contribution in [2.75, 3.05) is 11.3 Å². The van der Waals surface area contributed by atoms with Gasteiger partial charge in [0.1, 0.15) is 12.4 Å². The van der Waals surface area contributed by atoms with Gasteiger partial charge in [-0.25, -0.2) is 8.42 Å². The highest BCUT2D eigenvalue weighted by atomic mass is 79.9. The smallest absolute Gasteiger partial charge is 0.261 e. The summed E-state index contributed by atoms with van der Waals surface area (Å²) in [5.41, 5.74) is 0.263. The Hall–Kier alpha value is -2.06. The van der Waals surface area contributed by atoms with Gasteiger partial charge in [-0.1, -0.05) is 22.0 Å². The second-order valence-corrected chi connectivity index (χ2v) is 6.85. The number of hydrogen-bond donors (Lipinski definition) is 1. The number of benzene rings is 2.